The molecular formula is C39H49N3O7. The van der Waals surface area contributed by atoms with Crippen molar-refractivity contribution in [2.24, 2.45) is 0 Å². The monoisotopic (exact) mass is 671 g/mol. The third-order valence-electron chi connectivity index (χ3n) is 8.73. The van der Waals surface area contributed by atoms with Gasteiger partial charge in [0, 0.05) is 36.0 Å². The Balaban J connectivity index is 1.59. The van der Waals surface area contributed by atoms with Crippen molar-refractivity contribution in [2.45, 2.75) is 76.1 Å². The van der Waals surface area contributed by atoms with Gasteiger partial charge in [0.15, 0.2) is 0 Å². The molecule has 49 heavy (non-hydrogen) atoms. The minimum Gasteiger partial charge on any atom is -0.496 e. The summed E-state index contributed by atoms with van der Waals surface area (Å²) in [4.78, 5) is 43.6. The summed E-state index contributed by atoms with van der Waals surface area (Å²) in [6.07, 6.45) is 11.4. The van der Waals surface area contributed by atoms with Gasteiger partial charge >= 0.3 is 12.1 Å². The zero-order valence-electron chi connectivity index (χ0n) is 28.7. The van der Waals surface area contributed by atoms with Crippen LogP contribution in [-0.4, -0.2) is 68.4 Å². The molecule has 0 spiro atoms. The smallest absolute Gasteiger partial charge is 0.407 e. The number of ether oxygens (including phenoxy) is 4. The number of nitrogens with zero attached hydrogens (tertiary/aromatic N) is 2. The number of carbonyl (C=O) groups is 3. The lowest BCUT2D eigenvalue weighted by molar-refractivity contribution is -0.151. The fraction of sp³-hybridized carbons (Fsp3) is 0.410. The number of carbonyl (C=O) groups excluding carboxylic acids is 3. The molecule has 2 aliphatic rings. The van der Waals surface area contributed by atoms with Gasteiger partial charge in [-0.3, -0.25) is 4.79 Å². The number of benzene rings is 2. The van der Waals surface area contributed by atoms with E-state index in [2.05, 4.69) is 30.0 Å². The van der Waals surface area contributed by atoms with Crippen LogP contribution in [0, 0.1) is 0 Å². The van der Waals surface area contributed by atoms with Crippen LogP contribution in [0.3, 0.4) is 0 Å². The van der Waals surface area contributed by atoms with Gasteiger partial charge in [0.25, 0.3) is 0 Å². The lowest BCUT2D eigenvalue weighted by Gasteiger charge is -2.31. The van der Waals surface area contributed by atoms with Gasteiger partial charge in [0.05, 0.1) is 27.4 Å². The van der Waals surface area contributed by atoms with E-state index < -0.39 is 30.3 Å². The zero-order chi connectivity index (χ0) is 35.2. The van der Waals surface area contributed by atoms with E-state index in [9.17, 15) is 14.4 Å². The van der Waals surface area contributed by atoms with Gasteiger partial charge in [-0.05, 0) is 61.9 Å². The molecule has 10 heteroatoms. The van der Waals surface area contributed by atoms with Crippen LogP contribution in [0.4, 0.5) is 10.5 Å². The molecule has 1 saturated heterocycles. The van der Waals surface area contributed by atoms with Crippen LogP contribution in [0.5, 0.6) is 5.75 Å². The third-order valence-corrected chi connectivity index (χ3v) is 8.73. The SMILES string of the molecule is C=CCCCCC[C@H](NC(=O)OCCCC=C)C(=O)N1C[C@H](OC2=CN(c3ccccc3)Cc3cc(OC)c(C=C)cc32)C[C@H]1C(=O)OC. The molecule has 0 radical (unpaired) electrons. The van der Waals surface area contributed by atoms with Gasteiger partial charge < -0.3 is 34.1 Å². The van der Waals surface area contributed by atoms with Gasteiger partial charge in [0.2, 0.25) is 5.91 Å². The Kier molecular flexibility index (Phi) is 13.9. The lowest BCUT2D eigenvalue weighted by Crippen LogP contribution is -2.52. The molecule has 10 nitrogen and oxygen atoms in total. The second kappa shape index (κ2) is 18.5. The highest BCUT2D eigenvalue weighted by atomic mass is 16.5. The second-order valence-corrected chi connectivity index (χ2v) is 12.1. The molecule has 2 heterocycles. The Morgan fingerprint density at radius 3 is 2.45 bits per heavy atom. The van der Waals surface area contributed by atoms with E-state index in [1.807, 2.05) is 54.7 Å². The number of esters is 1. The van der Waals surface area contributed by atoms with Crippen LogP contribution in [0.15, 0.2) is 80.6 Å². The number of allylic oxidation sites excluding steroid dienone is 2. The number of amides is 2. The Hall–Kier alpha value is -4.99. The van der Waals surface area contributed by atoms with Crippen molar-refractivity contribution >= 4 is 35.5 Å². The van der Waals surface area contributed by atoms with Crippen LogP contribution >= 0.6 is 0 Å². The molecule has 0 bridgehead atoms. The average Bonchev–Trinajstić information content (AvgIpc) is 3.55. The summed E-state index contributed by atoms with van der Waals surface area (Å²) < 4.78 is 22.8. The van der Waals surface area contributed by atoms with E-state index in [4.69, 9.17) is 18.9 Å². The average molecular weight is 672 g/mol. The Labute approximate surface area is 290 Å². The van der Waals surface area contributed by atoms with Gasteiger partial charge in [0.1, 0.15) is 29.7 Å². The molecule has 2 aromatic rings. The predicted octanol–water partition coefficient (Wildman–Crippen LogP) is 7.01. The van der Waals surface area contributed by atoms with E-state index in [1.165, 1.54) is 12.0 Å². The molecule has 262 valence electrons. The number of para-hydroxylation sites is 1. The van der Waals surface area contributed by atoms with E-state index >= 15 is 0 Å². The molecule has 2 aliphatic heterocycles. The summed E-state index contributed by atoms with van der Waals surface area (Å²) in [6, 6.07) is 12.2. The van der Waals surface area contributed by atoms with Gasteiger partial charge in [-0.2, -0.15) is 0 Å². The summed E-state index contributed by atoms with van der Waals surface area (Å²) in [5.74, 6) is 0.377. The molecule has 3 atom stereocenters. The number of likely N-dealkylation sites (tertiary alicyclic amines) is 1. The molecule has 1 N–H and O–H groups in total. The van der Waals surface area contributed by atoms with Crippen molar-refractivity contribution in [3.63, 3.8) is 0 Å². The Bertz CT molecular complexity index is 1510. The molecule has 0 aromatic heterocycles. The number of nitrogens with one attached hydrogen (secondary N) is 1. The summed E-state index contributed by atoms with van der Waals surface area (Å²) in [7, 11) is 2.93. The molecule has 0 saturated carbocycles. The van der Waals surface area contributed by atoms with Crippen molar-refractivity contribution in [3.05, 3.63) is 97.2 Å². The molecule has 1 fully saturated rings. The Morgan fingerprint density at radius 2 is 1.76 bits per heavy atom. The third kappa shape index (κ3) is 9.78. The van der Waals surface area contributed by atoms with Crippen molar-refractivity contribution in [1.82, 2.24) is 10.2 Å². The van der Waals surface area contributed by atoms with E-state index in [0.29, 0.717) is 43.7 Å². The summed E-state index contributed by atoms with van der Waals surface area (Å²) in [6.45, 7) is 12.3. The standard InChI is InChI=1S/C39H49N3O7/c1-6-9-11-12-16-20-33(40-39(45)48-21-17-10-7-2)37(43)42-26-31(24-34(42)38(44)47-5)49-36-27-41(30-18-14-13-15-19-30)25-29-23-35(46-4)28(8-3)22-32(29)36/h6-8,13-15,18-19,22-23,27,31,33-34H,1-3,9-12,16-17,20-21,24-26H2,4-5H3,(H,40,45)/t31-,33+,34+/m1/s1. The molecule has 0 aliphatic carbocycles. The highest BCUT2D eigenvalue weighted by molar-refractivity contribution is 5.90. The predicted molar refractivity (Wildman–Crippen MR) is 192 cm³/mol. The number of rotatable bonds is 18. The van der Waals surface area contributed by atoms with Crippen molar-refractivity contribution in [3.8, 4) is 5.75 Å². The highest BCUT2D eigenvalue weighted by Gasteiger charge is 2.44. The number of anilines is 1. The second-order valence-electron chi connectivity index (χ2n) is 12.1. The van der Waals surface area contributed by atoms with Crippen LogP contribution in [-0.2, 0) is 30.3 Å². The van der Waals surface area contributed by atoms with Crippen LogP contribution in [0.25, 0.3) is 11.8 Å². The fourth-order valence-corrected chi connectivity index (χ4v) is 6.17. The number of hydrogen-bond acceptors (Lipinski definition) is 8. The Morgan fingerprint density at radius 1 is 1.00 bits per heavy atom. The number of fused-ring (bicyclic) bond motifs is 1. The first-order valence-electron chi connectivity index (χ1n) is 16.9. The number of hydrogen-bond donors (Lipinski definition) is 1. The maximum Gasteiger partial charge on any atom is 0.407 e. The van der Waals surface area contributed by atoms with E-state index in [1.54, 1.807) is 19.3 Å². The minimum absolute atomic E-state index is 0.129. The zero-order valence-corrected chi connectivity index (χ0v) is 28.7. The van der Waals surface area contributed by atoms with Gasteiger partial charge in [-0.1, -0.05) is 55.8 Å². The quantitative estimate of drug-likeness (QED) is 0.103. The molecule has 2 amide bonds. The van der Waals surface area contributed by atoms with Crippen LogP contribution in [0.1, 0.15) is 68.1 Å². The first-order chi connectivity index (χ1) is 23.8. The maximum atomic E-state index is 14.2. The highest BCUT2D eigenvalue weighted by Crippen LogP contribution is 2.37. The fourth-order valence-electron chi connectivity index (χ4n) is 6.17. The first kappa shape index (κ1) is 36.8. The van der Waals surface area contributed by atoms with Crippen molar-refractivity contribution in [2.75, 3.05) is 32.3 Å². The molecule has 0 unspecified atom stereocenters. The van der Waals surface area contributed by atoms with E-state index in [-0.39, 0.29) is 25.5 Å². The van der Waals surface area contributed by atoms with E-state index in [0.717, 1.165) is 41.6 Å². The van der Waals surface area contributed by atoms with Crippen molar-refractivity contribution < 1.29 is 33.3 Å². The molecule has 2 aromatic carbocycles. The van der Waals surface area contributed by atoms with Crippen LogP contribution in [0.2, 0.25) is 0 Å². The maximum absolute atomic E-state index is 14.2. The topological polar surface area (TPSA) is 107 Å². The molecular weight excluding hydrogens is 622 g/mol. The first-order valence-corrected chi connectivity index (χ1v) is 16.9. The minimum atomic E-state index is -0.885. The normalized spacial score (nSPS) is 17.2. The lowest BCUT2D eigenvalue weighted by atomic mass is 9.98. The summed E-state index contributed by atoms with van der Waals surface area (Å²) in [5, 5.41) is 2.77. The largest absolute Gasteiger partial charge is 0.496 e. The number of methoxy groups -OCH3 is 2. The number of alkyl carbamates (subject to hydrolysis) is 1. The van der Waals surface area contributed by atoms with Gasteiger partial charge in [-0.25, -0.2) is 9.59 Å². The number of unbranched alkanes of at least 4 members (excludes halogenated alkanes) is 4. The molecule has 4 rings (SSSR count). The summed E-state index contributed by atoms with van der Waals surface area (Å²) in [5.41, 5.74) is 3.67. The summed E-state index contributed by atoms with van der Waals surface area (Å²) >= 11 is 0. The van der Waals surface area contributed by atoms with Gasteiger partial charge in [-0.15, -0.1) is 13.2 Å². The van der Waals surface area contributed by atoms with Crippen LogP contribution < -0.4 is 15.0 Å². The van der Waals surface area contributed by atoms with Crippen molar-refractivity contribution in [1.29, 1.82) is 0 Å².